The molecule has 6 nitrogen and oxygen atoms in total. The molecule has 0 fully saturated rings. The Morgan fingerprint density at radius 2 is 2.32 bits per heavy atom. The summed E-state index contributed by atoms with van der Waals surface area (Å²) in [6, 6.07) is 0. The molecule has 2 aliphatic rings. The van der Waals surface area contributed by atoms with Crippen molar-refractivity contribution >= 4 is 41.5 Å². The fraction of sp³-hybridized carbons (Fsp3) is 0.500. The molecule has 0 spiro atoms. The molecule has 0 radical (unpaired) electrons. The fourth-order valence-electron chi connectivity index (χ4n) is 2.64. The molecule has 2 atom stereocenters. The van der Waals surface area contributed by atoms with Crippen molar-refractivity contribution in [3.05, 3.63) is 21.2 Å². The van der Waals surface area contributed by atoms with Gasteiger partial charge in [-0.05, 0) is 25.3 Å². The summed E-state index contributed by atoms with van der Waals surface area (Å²) in [4.78, 5) is 23.6. The minimum absolute atomic E-state index is 0.116. The second kappa shape index (κ2) is 7.19. The largest absolute Gasteiger partial charge is 0.463 e. The topological polar surface area (TPSA) is 88.0 Å². The van der Waals surface area contributed by atoms with E-state index in [0.717, 1.165) is 5.57 Å². The molecule has 0 aromatic heterocycles. The SMILES string of the molecule is CCOC(=O)C1=C(NC(C)=O)S[C@H]2C(Cl)=C(/C=N/O)CC[C@@H]12. The van der Waals surface area contributed by atoms with Crippen LogP contribution in [-0.2, 0) is 14.3 Å². The maximum absolute atomic E-state index is 12.2. The highest BCUT2D eigenvalue weighted by atomic mass is 35.5. The molecule has 120 valence electrons. The second-order valence-electron chi connectivity index (χ2n) is 4.95. The lowest BCUT2D eigenvalue weighted by Crippen LogP contribution is -2.26. The maximum atomic E-state index is 12.2. The maximum Gasteiger partial charge on any atom is 0.337 e. The lowest BCUT2D eigenvalue weighted by molar-refractivity contribution is -0.139. The molecule has 0 aromatic rings. The number of esters is 1. The van der Waals surface area contributed by atoms with Gasteiger partial charge in [-0.2, -0.15) is 0 Å². The number of hydrogen-bond acceptors (Lipinski definition) is 6. The second-order valence-corrected chi connectivity index (χ2v) is 6.50. The van der Waals surface area contributed by atoms with Crippen LogP contribution in [0, 0.1) is 5.92 Å². The van der Waals surface area contributed by atoms with E-state index in [1.807, 2.05) is 0 Å². The van der Waals surface area contributed by atoms with Gasteiger partial charge in [0.1, 0.15) is 0 Å². The van der Waals surface area contributed by atoms with Gasteiger partial charge in [0.15, 0.2) is 0 Å². The number of thioether (sulfide) groups is 1. The fourth-order valence-corrected chi connectivity index (χ4v) is 4.57. The number of hydrogen-bond donors (Lipinski definition) is 2. The number of halogens is 1. The molecule has 2 rings (SSSR count). The Bertz CT molecular complexity index is 585. The predicted molar refractivity (Wildman–Crippen MR) is 84.7 cm³/mol. The zero-order chi connectivity index (χ0) is 16.3. The van der Waals surface area contributed by atoms with E-state index in [9.17, 15) is 9.59 Å². The molecule has 1 amide bonds. The zero-order valence-corrected chi connectivity index (χ0v) is 13.8. The number of nitrogens with one attached hydrogen (secondary N) is 1. The van der Waals surface area contributed by atoms with Crippen molar-refractivity contribution < 1.29 is 19.5 Å². The van der Waals surface area contributed by atoms with E-state index in [1.54, 1.807) is 6.92 Å². The monoisotopic (exact) mass is 344 g/mol. The van der Waals surface area contributed by atoms with Crippen LogP contribution in [0.5, 0.6) is 0 Å². The quantitative estimate of drug-likeness (QED) is 0.354. The molecule has 8 heteroatoms. The number of carbonyl (C=O) groups is 2. The van der Waals surface area contributed by atoms with Crippen LogP contribution in [0.4, 0.5) is 0 Å². The van der Waals surface area contributed by atoms with Crippen LogP contribution in [0.25, 0.3) is 0 Å². The van der Waals surface area contributed by atoms with Gasteiger partial charge in [-0.25, -0.2) is 4.79 Å². The van der Waals surface area contributed by atoms with Gasteiger partial charge in [-0.15, -0.1) is 0 Å². The number of carbonyl (C=O) groups excluding carboxylic acids is 2. The Hall–Kier alpha value is -1.47. The van der Waals surface area contributed by atoms with Crippen LogP contribution >= 0.6 is 23.4 Å². The highest BCUT2D eigenvalue weighted by Crippen LogP contribution is 2.51. The smallest absolute Gasteiger partial charge is 0.337 e. The zero-order valence-electron chi connectivity index (χ0n) is 12.3. The first kappa shape index (κ1) is 16.9. The lowest BCUT2D eigenvalue weighted by atomic mass is 9.84. The Kier molecular flexibility index (Phi) is 5.52. The number of nitrogens with zero attached hydrogens (tertiary/aromatic N) is 1. The van der Waals surface area contributed by atoms with E-state index in [0.29, 0.717) is 28.5 Å². The summed E-state index contributed by atoms with van der Waals surface area (Å²) < 4.78 is 5.11. The minimum atomic E-state index is -0.421. The first-order valence-electron chi connectivity index (χ1n) is 6.91. The Balaban J connectivity index is 2.36. The molecule has 0 saturated carbocycles. The van der Waals surface area contributed by atoms with Gasteiger partial charge in [0.25, 0.3) is 0 Å². The van der Waals surface area contributed by atoms with Gasteiger partial charge >= 0.3 is 5.97 Å². The Labute approximate surface area is 137 Å². The molecule has 0 bridgehead atoms. The summed E-state index contributed by atoms with van der Waals surface area (Å²) in [5, 5.41) is 15.3. The summed E-state index contributed by atoms with van der Waals surface area (Å²) in [5.41, 5.74) is 1.22. The van der Waals surface area contributed by atoms with Crippen LogP contribution in [0.1, 0.15) is 26.7 Å². The predicted octanol–water partition coefficient (Wildman–Crippen LogP) is 2.38. The van der Waals surface area contributed by atoms with Crippen molar-refractivity contribution in [1.29, 1.82) is 0 Å². The normalized spacial score (nSPS) is 24.7. The van der Waals surface area contributed by atoms with Crippen molar-refractivity contribution in [2.75, 3.05) is 6.61 Å². The van der Waals surface area contributed by atoms with E-state index in [1.165, 1.54) is 24.9 Å². The van der Waals surface area contributed by atoms with E-state index >= 15 is 0 Å². The van der Waals surface area contributed by atoms with Crippen LogP contribution in [-0.4, -0.2) is 35.2 Å². The third-order valence-corrected chi connectivity index (χ3v) is 5.49. The molecule has 1 heterocycles. The van der Waals surface area contributed by atoms with E-state index < -0.39 is 5.97 Å². The van der Waals surface area contributed by atoms with Gasteiger partial charge in [-0.1, -0.05) is 28.5 Å². The third kappa shape index (κ3) is 3.30. The van der Waals surface area contributed by atoms with Gasteiger partial charge in [0.2, 0.25) is 5.91 Å². The van der Waals surface area contributed by atoms with Gasteiger partial charge in [-0.3, -0.25) is 4.79 Å². The van der Waals surface area contributed by atoms with Crippen LogP contribution in [0.15, 0.2) is 26.4 Å². The van der Waals surface area contributed by atoms with Crippen molar-refractivity contribution in [3.8, 4) is 0 Å². The summed E-state index contributed by atoms with van der Waals surface area (Å²) in [7, 11) is 0. The molecule has 1 aliphatic heterocycles. The molecule has 0 saturated heterocycles. The van der Waals surface area contributed by atoms with Gasteiger partial charge in [0.05, 0.1) is 28.7 Å². The highest BCUT2D eigenvalue weighted by Gasteiger charge is 2.44. The van der Waals surface area contributed by atoms with Crippen molar-refractivity contribution in [1.82, 2.24) is 5.32 Å². The minimum Gasteiger partial charge on any atom is -0.463 e. The first-order valence-corrected chi connectivity index (χ1v) is 8.16. The molecular formula is C14H17ClN2O4S. The molecule has 0 aromatic carbocycles. The first-order chi connectivity index (χ1) is 10.5. The van der Waals surface area contributed by atoms with Gasteiger partial charge < -0.3 is 15.3 Å². The highest BCUT2D eigenvalue weighted by molar-refractivity contribution is 8.04. The summed E-state index contributed by atoms with van der Waals surface area (Å²) in [6.45, 7) is 3.39. The van der Waals surface area contributed by atoms with Crippen molar-refractivity contribution in [2.45, 2.75) is 31.9 Å². The average molecular weight is 345 g/mol. The lowest BCUT2D eigenvalue weighted by Gasteiger charge is -2.26. The number of ether oxygens (including phenoxy) is 1. The number of amides is 1. The summed E-state index contributed by atoms with van der Waals surface area (Å²) in [6.07, 6.45) is 2.59. The van der Waals surface area contributed by atoms with Crippen LogP contribution in [0.2, 0.25) is 0 Å². The third-order valence-electron chi connectivity index (χ3n) is 3.51. The molecular weight excluding hydrogens is 328 g/mol. The number of rotatable bonds is 4. The Morgan fingerprint density at radius 3 is 2.91 bits per heavy atom. The van der Waals surface area contributed by atoms with E-state index in [-0.39, 0.29) is 23.7 Å². The van der Waals surface area contributed by atoms with Crippen LogP contribution < -0.4 is 5.32 Å². The standard InChI is InChI=1S/C14H17ClN2O4S/c1-3-21-14(19)10-9-5-4-8(6-16-20)11(15)12(9)22-13(10)17-7(2)18/h6,9,12,20H,3-5H2,1-2H3,(H,17,18)/b16-6+/t9-,12+/m0/s1. The number of fused-ring (bicyclic) bond motifs is 1. The molecule has 1 aliphatic carbocycles. The molecule has 0 unspecified atom stereocenters. The van der Waals surface area contributed by atoms with Gasteiger partial charge in [0, 0.05) is 17.9 Å². The van der Waals surface area contributed by atoms with Crippen molar-refractivity contribution in [2.24, 2.45) is 11.1 Å². The number of oxime groups is 1. The molecule has 22 heavy (non-hydrogen) atoms. The summed E-state index contributed by atoms with van der Waals surface area (Å²) in [5.74, 6) is -0.788. The average Bonchev–Trinajstić information content (AvgIpc) is 2.80. The van der Waals surface area contributed by atoms with E-state index in [4.69, 9.17) is 21.5 Å². The summed E-state index contributed by atoms with van der Waals surface area (Å²) >= 11 is 7.71. The van der Waals surface area contributed by atoms with E-state index in [2.05, 4.69) is 10.5 Å². The van der Waals surface area contributed by atoms with Crippen LogP contribution in [0.3, 0.4) is 0 Å². The molecule has 2 N–H and O–H groups in total. The Morgan fingerprint density at radius 1 is 1.59 bits per heavy atom. The van der Waals surface area contributed by atoms with Crippen molar-refractivity contribution in [3.63, 3.8) is 0 Å². The number of allylic oxidation sites excluding steroid dienone is 1.